The van der Waals surface area contributed by atoms with Gasteiger partial charge in [0, 0.05) is 0 Å². The van der Waals surface area contributed by atoms with Gasteiger partial charge in [-0.2, -0.15) is 5.10 Å². The third-order valence-electron chi connectivity index (χ3n) is 1.51. The average molecular weight is 148 g/mol. The first-order valence-corrected chi connectivity index (χ1v) is 3.41. The highest BCUT2D eigenvalue weighted by Gasteiger charge is 1.99. The number of aromatic nitrogens is 4. The second-order valence-corrected chi connectivity index (χ2v) is 2.51. The zero-order valence-electron chi connectivity index (χ0n) is 6.44. The Bertz CT molecular complexity index is 390. The lowest BCUT2D eigenvalue weighted by atomic mass is 10.5. The van der Waals surface area contributed by atoms with Gasteiger partial charge in [-0.25, -0.2) is 14.5 Å². The van der Waals surface area contributed by atoms with E-state index in [2.05, 4.69) is 15.1 Å². The minimum Gasteiger partial charge on any atom is -0.218 e. The van der Waals surface area contributed by atoms with Gasteiger partial charge in [0.15, 0.2) is 0 Å². The Morgan fingerprint density at radius 1 is 1.18 bits per heavy atom. The predicted octanol–water partition coefficient (Wildman–Crippen LogP) is 0.741. The van der Waals surface area contributed by atoms with Crippen LogP contribution in [0.15, 0.2) is 12.4 Å². The molecule has 2 aromatic rings. The molecule has 0 fully saturated rings. The molecule has 4 nitrogen and oxygen atoms in total. The number of aryl methyl sites for hydroxylation is 2. The molecule has 0 bridgehead atoms. The Labute approximate surface area is 63.9 Å². The van der Waals surface area contributed by atoms with E-state index < -0.39 is 0 Å². The lowest BCUT2D eigenvalue weighted by Gasteiger charge is -1.94. The van der Waals surface area contributed by atoms with Crippen molar-refractivity contribution >= 4 is 5.78 Å². The van der Waals surface area contributed by atoms with E-state index in [1.54, 1.807) is 16.9 Å². The molecule has 2 aromatic heterocycles. The first kappa shape index (κ1) is 6.27. The van der Waals surface area contributed by atoms with Crippen molar-refractivity contribution in [2.75, 3.05) is 0 Å². The number of imidazole rings is 1. The van der Waals surface area contributed by atoms with Crippen LogP contribution in [0.25, 0.3) is 5.78 Å². The summed E-state index contributed by atoms with van der Waals surface area (Å²) in [7, 11) is 0. The smallest absolute Gasteiger partial charge is 0.218 e. The number of nitrogens with zero attached hydrogens (tertiary/aromatic N) is 4. The van der Waals surface area contributed by atoms with Gasteiger partial charge in [-0.05, 0) is 13.8 Å². The van der Waals surface area contributed by atoms with Crippen LogP contribution in [-0.4, -0.2) is 19.6 Å². The first-order valence-electron chi connectivity index (χ1n) is 3.41. The molecule has 2 heterocycles. The summed E-state index contributed by atoms with van der Waals surface area (Å²) in [6, 6.07) is 0. The van der Waals surface area contributed by atoms with Crippen molar-refractivity contribution in [2.24, 2.45) is 0 Å². The molecule has 2 rings (SSSR count). The van der Waals surface area contributed by atoms with Crippen LogP contribution < -0.4 is 0 Å². The SMILES string of the molecule is Cc1cnc2ncc(C)n2n1. The van der Waals surface area contributed by atoms with Gasteiger partial charge in [0.25, 0.3) is 5.78 Å². The fourth-order valence-electron chi connectivity index (χ4n) is 0.965. The zero-order valence-corrected chi connectivity index (χ0v) is 6.44. The maximum atomic E-state index is 4.23. The van der Waals surface area contributed by atoms with Crippen molar-refractivity contribution in [3.63, 3.8) is 0 Å². The van der Waals surface area contributed by atoms with Crippen molar-refractivity contribution in [2.45, 2.75) is 13.8 Å². The molecule has 0 aliphatic carbocycles. The van der Waals surface area contributed by atoms with E-state index in [4.69, 9.17) is 0 Å². The summed E-state index contributed by atoms with van der Waals surface area (Å²) in [5.41, 5.74) is 1.91. The van der Waals surface area contributed by atoms with Gasteiger partial charge in [0.2, 0.25) is 0 Å². The normalized spacial score (nSPS) is 10.7. The summed E-state index contributed by atoms with van der Waals surface area (Å²) in [5, 5.41) is 4.23. The molecule has 0 aliphatic heterocycles. The molecule has 0 saturated carbocycles. The molecular weight excluding hydrogens is 140 g/mol. The standard InChI is InChI=1S/C7H8N4/c1-5-3-8-7-9-4-6(2)11(7)10-5/h3-4H,1-2H3. The van der Waals surface area contributed by atoms with E-state index in [0.717, 1.165) is 11.4 Å². The molecule has 0 aliphatic rings. The summed E-state index contributed by atoms with van der Waals surface area (Å²) >= 11 is 0. The Balaban J connectivity index is 2.87. The van der Waals surface area contributed by atoms with Crippen LogP contribution in [0.2, 0.25) is 0 Å². The highest BCUT2D eigenvalue weighted by molar-refractivity contribution is 5.27. The zero-order chi connectivity index (χ0) is 7.84. The van der Waals surface area contributed by atoms with Crippen LogP contribution in [0.1, 0.15) is 11.4 Å². The largest absolute Gasteiger partial charge is 0.250 e. The average Bonchev–Trinajstić information content (AvgIpc) is 2.33. The predicted molar refractivity (Wildman–Crippen MR) is 40.3 cm³/mol. The van der Waals surface area contributed by atoms with Crippen LogP contribution >= 0.6 is 0 Å². The van der Waals surface area contributed by atoms with Crippen molar-refractivity contribution in [3.05, 3.63) is 23.8 Å². The van der Waals surface area contributed by atoms with E-state index in [-0.39, 0.29) is 0 Å². The highest BCUT2D eigenvalue weighted by Crippen LogP contribution is 1.99. The Hall–Kier alpha value is -1.45. The number of hydrogen-bond donors (Lipinski definition) is 0. The quantitative estimate of drug-likeness (QED) is 0.553. The molecule has 0 atom stereocenters. The first-order chi connectivity index (χ1) is 5.27. The molecule has 0 radical (unpaired) electrons. The van der Waals surface area contributed by atoms with Crippen LogP contribution in [0.4, 0.5) is 0 Å². The minimum atomic E-state index is 0.660. The fourth-order valence-corrected chi connectivity index (χ4v) is 0.965. The van der Waals surface area contributed by atoms with Gasteiger partial charge in [-0.15, -0.1) is 0 Å². The fraction of sp³-hybridized carbons (Fsp3) is 0.286. The molecular formula is C7H8N4. The lowest BCUT2D eigenvalue weighted by molar-refractivity contribution is 0.843. The topological polar surface area (TPSA) is 43.1 Å². The summed E-state index contributed by atoms with van der Waals surface area (Å²) in [6.45, 7) is 3.86. The number of rotatable bonds is 0. The summed E-state index contributed by atoms with van der Waals surface area (Å²) < 4.78 is 1.73. The van der Waals surface area contributed by atoms with Gasteiger partial charge in [0.05, 0.1) is 23.8 Å². The minimum absolute atomic E-state index is 0.660. The third-order valence-corrected chi connectivity index (χ3v) is 1.51. The highest BCUT2D eigenvalue weighted by atomic mass is 15.3. The van der Waals surface area contributed by atoms with Crippen molar-refractivity contribution in [3.8, 4) is 0 Å². The van der Waals surface area contributed by atoms with Crippen LogP contribution in [-0.2, 0) is 0 Å². The maximum Gasteiger partial charge on any atom is 0.250 e. The van der Waals surface area contributed by atoms with Gasteiger partial charge in [-0.1, -0.05) is 0 Å². The molecule has 0 amide bonds. The monoisotopic (exact) mass is 148 g/mol. The molecule has 11 heavy (non-hydrogen) atoms. The molecule has 0 N–H and O–H groups in total. The van der Waals surface area contributed by atoms with Crippen LogP contribution in [0, 0.1) is 13.8 Å². The van der Waals surface area contributed by atoms with Crippen molar-refractivity contribution in [1.82, 2.24) is 19.6 Å². The van der Waals surface area contributed by atoms with Gasteiger partial charge in [0.1, 0.15) is 0 Å². The Morgan fingerprint density at radius 3 is 2.73 bits per heavy atom. The summed E-state index contributed by atoms with van der Waals surface area (Å²) in [4.78, 5) is 8.14. The van der Waals surface area contributed by atoms with E-state index in [0.29, 0.717) is 5.78 Å². The van der Waals surface area contributed by atoms with E-state index in [9.17, 15) is 0 Å². The van der Waals surface area contributed by atoms with Crippen molar-refractivity contribution < 1.29 is 0 Å². The maximum absolute atomic E-state index is 4.23. The molecule has 0 spiro atoms. The van der Waals surface area contributed by atoms with Gasteiger partial charge >= 0.3 is 0 Å². The second-order valence-electron chi connectivity index (χ2n) is 2.51. The third kappa shape index (κ3) is 0.869. The summed E-state index contributed by atoms with van der Waals surface area (Å²) in [6.07, 6.45) is 3.47. The van der Waals surface area contributed by atoms with E-state index in [1.807, 2.05) is 13.8 Å². The Kier molecular flexibility index (Phi) is 1.15. The number of fused-ring (bicyclic) bond motifs is 1. The summed E-state index contributed by atoms with van der Waals surface area (Å²) in [5.74, 6) is 0.660. The molecule has 4 heteroatoms. The molecule has 0 unspecified atom stereocenters. The molecule has 56 valence electrons. The van der Waals surface area contributed by atoms with Crippen molar-refractivity contribution in [1.29, 1.82) is 0 Å². The number of hydrogen-bond acceptors (Lipinski definition) is 3. The van der Waals surface area contributed by atoms with E-state index in [1.165, 1.54) is 0 Å². The lowest BCUT2D eigenvalue weighted by Crippen LogP contribution is -1.97. The van der Waals surface area contributed by atoms with Gasteiger partial charge < -0.3 is 0 Å². The van der Waals surface area contributed by atoms with Gasteiger partial charge in [-0.3, -0.25) is 0 Å². The molecule has 0 saturated heterocycles. The van der Waals surface area contributed by atoms with E-state index >= 15 is 0 Å². The van der Waals surface area contributed by atoms with Crippen LogP contribution in [0.5, 0.6) is 0 Å². The molecule has 0 aromatic carbocycles. The second kappa shape index (κ2) is 2.02. The van der Waals surface area contributed by atoms with Crippen LogP contribution in [0.3, 0.4) is 0 Å². The Morgan fingerprint density at radius 2 is 1.91 bits per heavy atom.